The number of benzene rings is 1. The van der Waals surface area contributed by atoms with Gasteiger partial charge in [-0.05, 0) is 44.4 Å². The van der Waals surface area contributed by atoms with Gasteiger partial charge >= 0.3 is 0 Å². The molecule has 0 saturated carbocycles. The van der Waals surface area contributed by atoms with Crippen molar-refractivity contribution in [3.05, 3.63) is 35.6 Å². The highest BCUT2D eigenvalue weighted by Gasteiger charge is 2.27. The molecule has 0 amide bonds. The highest BCUT2D eigenvalue weighted by molar-refractivity contribution is 7.91. The summed E-state index contributed by atoms with van der Waals surface area (Å²) in [5, 5.41) is 8.99. The second-order valence-corrected chi connectivity index (χ2v) is 7.68. The zero-order chi connectivity index (χ0) is 14.7. The van der Waals surface area contributed by atoms with E-state index in [1.165, 1.54) is 24.3 Å². The van der Waals surface area contributed by atoms with Gasteiger partial charge in [-0.3, -0.25) is 0 Å². The monoisotopic (exact) mass is 288 g/mol. The summed E-state index contributed by atoms with van der Waals surface area (Å²) in [5.41, 5.74) is -0.409. The van der Waals surface area contributed by atoms with Crippen molar-refractivity contribution >= 4 is 9.84 Å². The molecule has 1 rings (SSSR count). The van der Waals surface area contributed by atoms with Gasteiger partial charge in [-0.25, -0.2) is 12.8 Å². The summed E-state index contributed by atoms with van der Waals surface area (Å²) in [6, 6.07) is 5.54. The van der Waals surface area contributed by atoms with Crippen LogP contribution in [0.15, 0.2) is 24.3 Å². The van der Waals surface area contributed by atoms with Gasteiger partial charge in [0.05, 0.1) is 16.6 Å². The Kier molecular flexibility index (Phi) is 5.10. The zero-order valence-electron chi connectivity index (χ0n) is 11.6. The Hall–Kier alpha value is -0.940. The molecule has 0 saturated heterocycles. The first-order valence-corrected chi connectivity index (χ1v) is 8.06. The Morgan fingerprint density at radius 3 is 2.21 bits per heavy atom. The summed E-state index contributed by atoms with van der Waals surface area (Å²) in [6.45, 7) is 4.96. The van der Waals surface area contributed by atoms with Crippen molar-refractivity contribution in [2.24, 2.45) is 0 Å². The molecule has 3 nitrogen and oxygen atoms in total. The maximum atomic E-state index is 12.9. The van der Waals surface area contributed by atoms with Gasteiger partial charge in [-0.15, -0.1) is 0 Å². The molecule has 1 unspecified atom stereocenters. The van der Waals surface area contributed by atoms with Crippen molar-refractivity contribution in [1.82, 2.24) is 0 Å². The summed E-state index contributed by atoms with van der Waals surface area (Å²) < 4.78 is 37.5. The van der Waals surface area contributed by atoms with Crippen molar-refractivity contribution in [3.63, 3.8) is 0 Å². The van der Waals surface area contributed by atoms with E-state index < -0.39 is 20.7 Å². The third kappa shape index (κ3) is 4.91. The molecule has 0 fully saturated rings. The minimum Gasteiger partial charge on any atom is -0.390 e. The first-order valence-electron chi connectivity index (χ1n) is 6.35. The molecule has 5 heteroatoms. The van der Waals surface area contributed by atoms with Crippen LogP contribution in [-0.4, -0.2) is 24.9 Å². The summed E-state index contributed by atoms with van der Waals surface area (Å²) >= 11 is 0. The topological polar surface area (TPSA) is 54.4 Å². The maximum absolute atomic E-state index is 12.9. The molecule has 0 bridgehead atoms. The maximum Gasteiger partial charge on any atom is 0.157 e. The summed E-state index contributed by atoms with van der Waals surface area (Å²) in [6.07, 6.45) is 0.618. The normalized spacial score (nSPS) is 14.4. The molecule has 1 atom stereocenters. The number of aliphatic hydroxyl groups is 1. The third-order valence-electron chi connectivity index (χ3n) is 3.04. The van der Waals surface area contributed by atoms with Crippen LogP contribution in [-0.2, 0) is 9.84 Å². The van der Waals surface area contributed by atoms with Gasteiger partial charge in [-0.1, -0.05) is 19.1 Å². The van der Waals surface area contributed by atoms with Crippen molar-refractivity contribution in [1.29, 1.82) is 0 Å². The molecule has 0 aliphatic rings. The standard InChI is InChI=1S/C14H21FO3S/c1-4-13(11-5-7-12(15)8-6-11)19(17,18)10-9-14(2,3)16/h5-8,13,16H,4,9-10H2,1-3H3. The van der Waals surface area contributed by atoms with Crippen LogP contribution in [0.3, 0.4) is 0 Å². The molecule has 108 valence electrons. The van der Waals surface area contributed by atoms with Gasteiger partial charge in [0.15, 0.2) is 9.84 Å². The number of halogens is 1. The van der Waals surface area contributed by atoms with E-state index in [2.05, 4.69) is 0 Å². The molecule has 0 aliphatic heterocycles. The van der Waals surface area contributed by atoms with E-state index in [1.54, 1.807) is 20.8 Å². The largest absolute Gasteiger partial charge is 0.390 e. The minimum absolute atomic E-state index is 0.0770. The van der Waals surface area contributed by atoms with Crippen molar-refractivity contribution in [2.45, 2.75) is 44.5 Å². The van der Waals surface area contributed by atoms with Crippen LogP contribution in [0.5, 0.6) is 0 Å². The van der Waals surface area contributed by atoms with E-state index >= 15 is 0 Å². The fourth-order valence-electron chi connectivity index (χ4n) is 1.91. The quantitative estimate of drug-likeness (QED) is 0.875. The lowest BCUT2D eigenvalue weighted by molar-refractivity contribution is 0.0771. The molecule has 0 radical (unpaired) electrons. The molecule has 0 heterocycles. The fourth-order valence-corrected chi connectivity index (χ4v) is 4.06. The van der Waals surface area contributed by atoms with Gasteiger partial charge in [0.1, 0.15) is 5.82 Å². The van der Waals surface area contributed by atoms with E-state index in [9.17, 15) is 17.9 Å². The van der Waals surface area contributed by atoms with Crippen molar-refractivity contribution in [2.75, 3.05) is 5.75 Å². The Balaban J connectivity index is 2.92. The van der Waals surface area contributed by atoms with Crippen molar-refractivity contribution < 1.29 is 17.9 Å². The average Bonchev–Trinajstić information content (AvgIpc) is 2.29. The Bertz CT molecular complexity index is 500. The lowest BCUT2D eigenvalue weighted by Crippen LogP contribution is -2.25. The van der Waals surface area contributed by atoms with E-state index in [4.69, 9.17) is 0 Å². The molecule has 0 aliphatic carbocycles. The SMILES string of the molecule is CCC(c1ccc(F)cc1)S(=O)(=O)CCC(C)(C)O. The van der Waals surface area contributed by atoms with Crippen LogP contribution in [0.1, 0.15) is 44.4 Å². The summed E-state index contributed by atoms with van der Waals surface area (Å²) in [7, 11) is -3.35. The number of rotatable bonds is 6. The Labute approximate surface area is 114 Å². The first-order chi connectivity index (χ1) is 8.65. The van der Waals surface area contributed by atoms with Crippen LogP contribution >= 0.6 is 0 Å². The van der Waals surface area contributed by atoms with E-state index in [-0.39, 0.29) is 18.0 Å². The molecular formula is C14H21FO3S. The van der Waals surface area contributed by atoms with Crippen LogP contribution < -0.4 is 0 Å². The van der Waals surface area contributed by atoms with Gasteiger partial charge in [-0.2, -0.15) is 0 Å². The first kappa shape index (κ1) is 16.1. The Morgan fingerprint density at radius 2 is 1.79 bits per heavy atom. The van der Waals surface area contributed by atoms with Crippen molar-refractivity contribution in [3.8, 4) is 0 Å². The van der Waals surface area contributed by atoms with Gasteiger partial charge < -0.3 is 5.11 Å². The average molecular weight is 288 g/mol. The van der Waals surface area contributed by atoms with Crippen LogP contribution in [0.25, 0.3) is 0 Å². The van der Waals surface area contributed by atoms with E-state index in [0.29, 0.717) is 12.0 Å². The van der Waals surface area contributed by atoms with Gasteiger partial charge in [0, 0.05) is 0 Å². The lowest BCUT2D eigenvalue weighted by Gasteiger charge is -2.20. The molecule has 1 aromatic carbocycles. The second-order valence-electron chi connectivity index (χ2n) is 5.38. The van der Waals surface area contributed by atoms with E-state index in [0.717, 1.165) is 0 Å². The summed E-state index contributed by atoms with van der Waals surface area (Å²) in [4.78, 5) is 0. The smallest absolute Gasteiger partial charge is 0.157 e. The predicted octanol–water partition coefficient (Wildman–Crippen LogP) is 2.85. The van der Waals surface area contributed by atoms with Crippen LogP contribution in [0, 0.1) is 5.82 Å². The van der Waals surface area contributed by atoms with E-state index in [1.807, 2.05) is 0 Å². The lowest BCUT2D eigenvalue weighted by atomic mass is 10.1. The van der Waals surface area contributed by atoms with Gasteiger partial charge in [0.2, 0.25) is 0 Å². The molecular weight excluding hydrogens is 267 g/mol. The second kappa shape index (κ2) is 6.01. The number of hydrogen-bond acceptors (Lipinski definition) is 3. The third-order valence-corrected chi connectivity index (χ3v) is 5.29. The summed E-state index contributed by atoms with van der Waals surface area (Å²) in [5.74, 6) is -0.459. The van der Waals surface area contributed by atoms with Crippen LogP contribution in [0.4, 0.5) is 4.39 Å². The number of hydrogen-bond donors (Lipinski definition) is 1. The molecule has 0 aromatic heterocycles. The highest BCUT2D eigenvalue weighted by Crippen LogP contribution is 2.28. The molecule has 1 aromatic rings. The van der Waals surface area contributed by atoms with Gasteiger partial charge in [0.25, 0.3) is 0 Å². The molecule has 1 N–H and O–H groups in total. The Morgan fingerprint density at radius 1 is 1.26 bits per heavy atom. The fraction of sp³-hybridized carbons (Fsp3) is 0.571. The minimum atomic E-state index is -3.35. The zero-order valence-corrected chi connectivity index (χ0v) is 12.4. The highest BCUT2D eigenvalue weighted by atomic mass is 32.2. The van der Waals surface area contributed by atoms with Crippen LogP contribution in [0.2, 0.25) is 0 Å². The number of sulfone groups is 1. The predicted molar refractivity (Wildman–Crippen MR) is 74.1 cm³/mol. The molecule has 0 spiro atoms. The molecule has 19 heavy (non-hydrogen) atoms.